The van der Waals surface area contributed by atoms with Gasteiger partial charge in [0.1, 0.15) is 5.82 Å². The van der Waals surface area contributed by atoms with E-state index in [9.17, 15) is 9.59 Å². The van der Waals surface area contributed by atoms with E-state index in [0.29, 0.717) is 28.0 Å². The Labute approximate surface area is 176 Å². The summed E-state index contributed by atoms with van der Waals surface area (Å²) in [5.74, 6) is 0.249. The zero-order valence-electron chi connectivity index (χ0n) is 15.1. The first-order valence-corrected chi connectivity index (χ1v) is 9.92. The monoisotopic (exact) mass is 422 g/mol. The Morgan fingerprint density at radius 3 is 2.76 bits per heavy atom. The minimum Gasteiger partial charge on any atom is -0.365 e. The van der Waals surface area contributed by atoms with Crippen LogP contribution in [0.2, 0.25) is 5.02 Å². The number of nitrogens with zero attached hydrogens (tertiary/aromatic N) is 2. The number of carbonyl (C=O) groups is 2. The van der Waals surface area contributed by atoms with Gasteiger partial charge in [0.05, 0.1) is 23.0 Å². The Morgan fingerprint density at radius 2 is 1.97 bits per heavy atom. The van der Waals surface area contributed by atoms with Crippen LogP contribution in [0.15, 0.2) is 65.8 Å². The van der Waals surface area contributed by atoms with Gasteiger partial charge in [0, 0.05) is 17.1 Å². The zero-order chi connectivity index (χ0) is 20.2. The van der Waals surface area contributed by atoms with E-state index in [4.69, 9.17) is 11.6 Å². The Bertz CT molecular complexity index is 1130. The quantitative estimate of drug-likeness (QED) is 0.578. The lowest BCUT2D eigenvalue weighted by Crippen LogP contribution is -2.17. The van der Waals surface area contributed by atoms with Gasteiger partial charge in [-0.3, -0.25) is 19.9 Å². The number of imide groups is 1. The molecule has 144 valence electrons. The normalized spacial score (nSPS) is 14.9. The number of aromatic nitrogens is 2. The topological polar surface area (TPSA) is 84.0 Å². The van der Waals surface area contributed by atoms with Crippen molar-refractivity contribution in [1.82, 2.24) is 15.3 Å². The molecule has 6 nitrogen and oxygen atoms in total. The molecule has 4 rings (SSSR count). The molecule has 2 N–H and O–H groups in total. The lowest BCUT2D eigenvalue weighted by molar-refractivity contribution is -0.115. The van der Waals surface area contributed by atoms with Crippen LogP contribution < -0.4 is 10.6 Å². The molecule has 1 aromatic heterocycles. The maximum absolute atomic E-state index is 11.7. The molecular formula is C21H15ClN4O2S. The molecule has 8 heteroatoms. The maximum Gasteiger partial charge on any atom is 0.290 e. The molecule has 2 aromatic carbocycles. The van der Waals surface area contributed by atoms with Gasteiger partial charge in [-0.25, -0.2) is 4.98 Å². The summed E-state index contributed by atoms with van der Waals surface area (Å²) in [7, 11) is 0. The van der Waals surface area contributed by atoms with Gasteiger partial charge in [-0.15, -0.1) is 0 Å². The second-order valence-corrected chi connectivity index (χ2v) is 7.63. The highest BCUT2D eigenvalue weighted by atomic mass is 35.5. The van der Waals surface area contributed by atoms with Crippen LogP contribution in [0.5, 0.6) is 0 Å². The Morgan fingerprint density at radius 1 is 1.10 bits per heavy atom. The Hall–Kier alpha value is -3.16. The van der Waals surface area contributed by atoms with Crippen molar-refractivity contribution < 1.29 is 9.59 Å². The van der Waals surface area contributed by atoms with Crippen LogP contribution in [0.4, 0.5) is 10.6 Å². The van der Waals surface area contributed by atoms with E-state index in [2.05, 4.69) is 20.6 Å². The largest absolute Gasteiger partial charge is 0.365 e. The molecule has 0 spiro atoms. The highest BCUT2D eigenvalue weighted by molar-refractivity contribution is 8.18. The second kappa shape index (κ2) is 8.46. The number of halogens is 1. The summed E-state index contributed by atoms with van der Waals surface area (Å²) < 4.78 is 0. The SMILES string of the molecule is O=C1NC(=O)/C(=C/c2cccc(-c3cncc(NCc4ccccc4Cl)n3)c2)S1. The average Bonchev–Trinajstić information content (AvgIpc) is 3.04. The third-order valence-corrected chi connectivity index (χ3v) is 5.35. The van der Waals surface area contributed by atoms with Crippen molar-refractivity contribution in [2.75, 3.05) is 5.32 Å². The van der Waals surface area contributed by atoms with Crippen LogP contribution in [0, 0.1) is 0 Å². The van der Waals surface area contributed by atoms with Gasteiger partial charge in [-0.05, 0) is 41.1 Å². The van der Waals surface area contributed by atoms with Crippen LogP contribution in [0.3, 0.4) is 0 Å². The summed E-state index contributed by atoms with van der Waals surface area (Å²) in [6.45, 7) is 0.532. The minimum atomic E-state index is -0.379. The average molecular weight is 423 g/mol. The molecule has 3 aromatic rings. The van der Waals surface area contributed by atoms with E-state index >= 15 is 0 Å². The molecular weight excluding hydrogens is 408 g/mol. The van der Waals surface area contributed by atoms with Crippen molar-refractivity contribution in [2.45, 2.75) is 6.54 Å². The van der Waals surface area contributed by atoms with Gasteiger partial charge in [-0.1, -0.05) is 48.0 Å². The predicted molar refractivity (Wildman–Crippen MR) is 115 cm³/mol. The lowest BCUT2D eigenvalue weighted by Gasteiger charge is -2.09. The summed E-state index contributed by atoms with van der Waals surface area (Å²) in [6.07, 6.45) is 5.01. The van der Waals surface area contributed by atoms with E-state index in [1.165, 1.54) is 0 Å². The number of benzene rings is 2. The Kier molecular flexibility index (Phi) is 5.59. The first-order valence-electron chi connectivity index (χ1n) is 8.73. The highest BCUT2D eigenvalue weighted by Gasteiger charge is 2.24. The number of hydrogen-bond acceptors (Lipinski definition) is 6. The van der Waals surface area contributed by atoms with E-state index in [0.717, 1.165) is 28.5 Å². The van der Waals surface area contributed by atoms with E-state index < -0.39 is 0 Å². The number of carbonyl (C=O) groups excluding carboxylic acids is 2. The summed E-state index contributed by atoms with van der Waals surface area (Å²) in [4.78, 5) is 32.3. The van der Waals surface area contributed by atoms with Crippen molar-refractivity contribution in [1.29, 1.82) is 0 Å². The molecule has 0 unspecified atom stereocenters. The van der Waals surface area contributed by atoms with Gasteiger partial charge < -0.3 is 5.32 Å². The molecule has 29 heavy (non-hydrogen) atoms. The summed E-state index contributed by atoms with van der Waals surface area (Å²) in [6, 6.07) is 15.2. The fourth-order valence-electron chi connectivity index (χ4n) is 2.78. The van der Waals surface area contributed by atoms with Gasteiger partial charge in [0.25, 0.3) is 11.1 Å². The molecule has 0 atom stereocenters. The van der Waals surface area contributed by atoms with Crippen molar-refractivity contribution >= 4 is 46.4 Å². The highest BCUT2D eigenvalue weighted by Crippen LogP contribution is 2.27. The van der Waals surface area contributed by atoms with Gasteiger partial charge in [0.2, 0.25) is 0 Å². The lowest BCUT2D eigenvalue weighted by atomic mass is 10.1. The number of rotatable bonds is 5. The fourth-order valence-corrected chi connectivity index (χ4v) is 3.66. The first kappa shape index (κ1) is 19.2. The van der Waals surface area contributed by atoms with Crippen molar-refractivity contribution in [3.63, 3.8) is 0 Å². The maximum atomic E-state index is 11.7. The molecule has 1 aliphatic heterocycles. The molecule has 1 fully saturated rings. The van der Waals surface area contributed by atoms with Gasteiger partial charge in [-0.2, -0.15) is 0 Å². The summed E-state index contributed by atoms with van der Waals surface area (Å²) in [5.41, 5.74) is 3.31. The number of anilines is 1. The van der Waals surface area contributed by atoms with Crippen LogP contribution in [0.25, 0.3) is 17.3 Å². The number of hydrogen-bond donors (Lipinski definition) is 2. The third kappa shape index (κ3) is 4.64. The van der Waals surface area contributed by atoms with E-state index in [1.807, 2.05) is 48.5 Å². The minimum absolute atomic E-state index is 0.361. The van der Waals surface area contributed by atoms with Gasteiger partial charge in [0.15, 0.2) is 0 Å². The van der Waals surface area contributed by atoms with Crippen molar-refractivity contribution in [2.24, 2.45) is 0 Å². The molecule has 1 saturated heterocycles. The Balaban J connectivity index is 1.54. The summed E-state index contributed by atoms with van der Waals surface area (Å²) in [5, 5.41) is 5.81. The van der Waals surface area contributed by atoms with Crippen LogP contribution in [0.1, 0.15) is 11.1 Å². The smallest absolute Gasteiger partial charge is 0.290 e. The molecule has 0 saturated carbocycles. The molecule has 0 radical (unpaired) electrons. The number of nitrogens with one attached hydrogen (secondary N) is 2. The second-order valence-electron chi connectivity index (χ2n) is 6.21. The van der Waals surface area contributed by atoms with Crippen LogP contribution in [-0.4, -0.2) is 21.1 Å². The number of amides is 2. The molecule has 0 aliphatic carbocycles. The standard InChI is InChI=1S/C21H15ClN4O2S/c22-16-7-2-1-5-15(16)10-24-19-12-23-11-17(25-19)14-6-3-4-13(8-14)9-18-20(27)26-21(28)29-18/h1-9,11-12H,10H2,(H,24,25)(H,26,27,28)/b18-9-. The van der Waals surface area contributed by atoms with Crippen LogP contribution >= 0.6 is 23.4 Å². The van der Waals surface area contributed by atoms with Crippen molar-refractivity contribution in [3.05, 3.63) is 82.0 Å². The number of thioether (sulfide) groups is 1. The first-order chi connectivity index (χ1) is 14.1. The predicted octanol–water partition coefficient (Wildman–Crippen LogP) is 4.73. The molecule has 2 heterocycles. The summed E-state index contributed by atoms with van der Waals surface area (Å²) >= 11 is 7.08. The molecule has 2 amide bonds. The fraction of sp³-hybridized carbons (Fsp3) is 0.0476. The van der Waals surface area contributed by atoms with Crippen LogP contribution in [-0.2, 0) is 11.3 Å². The van der Waals surface area contributed by atoms with Gasteiger partial charge >= 0.3 is 0 Å². The van der Waals surface area contributed by atoms with E-state index in [-0.39, 0.29) is 11.1 Å². The molecule has 1 aliphatic rings. The third-order valence-electron chi connectivity index (χ3n) is 4.17. The molecule has 0 bridgehead atoms. The van der Waals surface area contributed by atoms with Crippen molar-refractivity contribution in [3.8, 4) is 11.3 Å². The van der Waals surface area contributed by atoms with E-state index in [1.54, 1.807) is 18.5 Å². The zero-order valence-corrected chi connectivity index (χ0v) is 16.6.